The summed E-state index contributed by atoms with van der Waals surface area (Å²) in [5.74, 6) is 0. The van der Waals surface area contributed by atoms with Crippen molar-refractivity contribution in [3.63, 3.8) is 0 Å². The molecule has 84 valence electrons. The van der Waals surface area contributed by atoms with E-state index in [2.05, 4.69) is 0 Å². The van der Waals surface area contributed by atoms with Gasteiger partial charge in [0.2, 0.25) is 0 Å². The quantitative estimate of drug-likeness (QED) is 0.387. The van der Waals surface area contributed by atoms with E-state index in [0.29, 0.717) is 0 Å². The summed E-state index contributed by atoms with van der Waals surface area (Å²) < 4.78 is 0. The van der Waals surface area contributed by atoms with Gasteiger partial charge in [0.1, 0.15) is 0 Å². The minimum absolute atomic E-state index is 0. The maximum atomic E-state index is 8.33. The van der Waals surface area contributed by atoms with Gasteiger partial charge >= 0.3 is 71.6 Å². The molecule has 0 saturated carbocycles. The molecule has 2 radical (unpaired) electrons. The molecule has 0 unspecified atom stereocenters. The molecule has 0 bridgehead atoms. The van der Waals surface area contributed by atoms with Gasteiger partial charge in [-0.05, 0) is 18.5 Å². The van der Waals surface area contributed by atoms with Crippen LogP contribution in [-0.4, -0.2) is 56.2 Å². The molecule has 0 heterocycles. The molecule has 9 nitrogen and oxygen atoms in total. The van der Waals surface area contributed by atoms with E-state index in [0.717, 1.165) is 0 Å². The van der Waals surface area contributed by atoms with E-state index in [1.807, 2.05) is 0 Å². The van der Waals surface area contributed by atoms with E-state index < -0.39 is 18.5 Å². The molecule has 0 aliphatic rings. The van der Waals surface area contributed by atoms with Crippen molar-refractivity contribution in [3.8, 4) is 0 Å². The zero-order valence-electron chi connectivity index (χ0n) is 6.59. The molecule has 0 aromatic heterocycles. The number of hydrogen-bond donors (Lipinski definition) is 0. The van der Waals surface area contributed by atoms with Crippen LogP contribution in [0.25, 0.3) is 0 Å². The summed E-state index contributed by atoms with van der Waals surface area (Å²) in [5, 5.41) is 50.0. The summed E-state index contributed by atoms with van der Waals surface area (Å²) >= 11 is 0. The largest absolute Gasteiger partial charge is 2.00 e. The summed E-state index contributed by atoms with van der Waals surface area (Å²) in [7, 11) is 0. The predicted octanol–water partition coefficient (Wildman–Crippen LogP) is -7.73. The van der Waals surface area contributed by atoms with Crippen LogP contribution < -0.4 is 30.6 Å². The second kappa shape index (κ2) is 29.2. The van der Waals surface area contributed by atoms with Crippen molar-refractivity contribution in [1.82, 2.24) is 0 Å². The monoisotopic (exact) mass is 334 g/mol. The first-order chi connectivity index (χ1) is 5.20. The van der Waals surface area contributed by atoms with Crippen LogP contribution in [0.15, 0.2) is 0 Å². The number of hydrogen-bond acceptors (Lipinski definition) is 9. The Hall–Kier alpha value is 0.0957. The Labute approximate surface area is 134 Å². The van der Waals surface area contributed by atoms with Gasteiger partial charge < -0.3 is 45.0 Å². The van der Waals surface area contributed by atoms with E-state index in [4.69, 9.17) is 45.0 Å². The molecule has 0 aliphatic carbocycles. The van der Waals surface area contributed by atoms with Crippen LogP contribution in [0, 0.1) is 0 Å². The van der Waals surface area contributed by atoms with Crippen molar-refractivity contribution in [3.05, 3.63) is 0 Å². The second-order valence-corrected chi connectivity index (χ2v) is 0.750. The number of carbonyl (C=O) groups is 3. The molecule has 12 heteroatoms. The number of rotatable bonds is 0. The summed E-state index contributed by atoms with van der Waals surface area (Å²) in [6.45, 7) is 0. The van der Waals surface area contributed by atoms with Crippen molar-refractivity contribution in [2.75, 3.05) is 0 Å². The summed E-state index contributed by atoms with van der Waals surface area (Å²) in [5.41, 5.74) is 0. The van der Waals surface area contributed by atoms with Crippen molar-refractivity contribution >= 4 is 56.2 Å². The normalized spacial score (nSPS) is 4.80. The second-order valence-electron chi connectivity index (χ2n) is 0.750. The van der Waals surface area contributed by atoms with Gasteiger partial charge in [-0.3, -0.25) is 0 Å². The fraction of sp³-hybridized carbons (Fsp3) is 0. The van der Waals surface area contributed by atoms with Crippen LogP contribution in [-0.2, 0) is 33.8 Å². The third-order valence-electron chi connectivity index (χ3n) is 0. The van der Waals surface area contributed by atoms with E-state index in [9.17, 15) is 0 Å². The molecule has 0 spiro atoms. The Kier molecular flexibility index (Phi) is 70.6. The SMILES string of the molecule is O=C([O-])[O-].O=C([O-])[O-].O=C([O-])[O-].[Ca+2].[Co+2].[Mn+2]. The van der Waals surface area contributed by atoms with E-state index in [1.54, 1.807) is 0 Å². The Morgan fingerprint density at radius 1 is 0.600 bits per heavy atom. The first-order valence-electron chi connectivity index (χ1n) is 1.84. The molecule has 15 heavy (non-hydrogen) atoms. The van der Waals surface area contributed by atoms with Crippen LogP contribution in [0.1, 0.15) is 0 Å². The first kappa shape index (κ1) is 36.3. The zero-order valence-corrected chi connectivity index (χ0v) is 11.0. The molecule has 0 aromatic carbocycles. The van der Waals surface area contributed by atoms with Crippen LogP contribution in [0.3, 0.4) is 0 Å². The molecular weight excluding hydrogens is 334 g/mol. The minimum atomic E-state index is -2.33. The van der Waals surface area contributed by atoms with Crippen molar-refractivity contribution in [2.24, 2.45) is 0 Å². The van der Waals surface area contributed by atoms with Crippen molar-refractivity contribution < 1.29 is 78.9 Å². The Morgan fingerprint density at radius 3 is 0.600 bits per heavy atom. The standard InChI is InChI=1S/3CH2O3.Ca.Co.Mn/c3*2-1(3)4;;;/h3*(H2,2,3,4);;;/q;;;3*+2/p-6. The van der Waals surface area contributed by atoms with Gasteiger partial charge in [-0.2, -0.15) is 0 Å². The summed E-state index contributed by atoms with van der Waals surface area (Å²) in [6, 6.07) is 0. The predicted molar refractivity (Wildman–Crippen MR) is 21.9 cm³/mol. The Morgan fingerprint density at radius 2 is 0.600 bits per heavy atom. The molecule has 0 fully saturated rings. The van der Waals surface area contributed by atoms with Gasteiger partial charge in [0.15, 0.2) is 0 Å². The molecular formula is C3CaCoMnO9. The van der Waals surface area contributed by atoms with Crippen LogP contribution in [0.2, 0.25) is 0 Å². The molecule has 0 N–H and O–H groups in total. The van der Waals surface area contributed by atoms with Gasteiger partial charge in [0.25, 0.3) is 0 Å². The first-order valence-corrected chi connectivity index (χ1v) is 1.84. The smallest absolute Gasteiger partial charge is 0.652 e. The van der Waals surface area contributed by atoms with Gasteiger partial charge in [0.05, 0.1) is 0 Å². The molecule has 0 saturated heterocycles. The van der Waals surface area contributed by atoms with E-state index >= 15 is 0 Å². The fourth-order valence-electron chi connectivity index (χ4n) is 0. The van der Waals surface area contributed by atoms with Gasteiger partial charge in [-0.25, -0.2) is 0 Å². The molecule has 0 atom stereocenters. The Bertz CT molecular complexity index is 123. The van der Waals surface area contributed by atoms with Crippen molar-refractivity contribution in [1.29, 1.82) is 0 Å². The molecule has 0 aromatic rings. The van der Waals surface area contributed by atoms with Gasteiger partial charge in [-0.15, -0.1) is 0 Å². The molecule has 0 aliphatic heterocycles. The summed E-state index contributed by atoms with van der Waals surface area (Å²) in [4.78, 5) is 25.0. The minimum Gasteiger partial charge on any atom is -0.652 e. The average molecular weight is 334 g/mol. The van der Waals surface area contributed by atoms with Crippen LogP contribution in [0.4, 0.5) is 14.4 Å². The third-order valence-corrected chi connectivity index (χ3v) is 0. The maximum Gasteiger partial charge on any atom is 2.00 e. The van der Waals surface area contributed by atoms with Crippen molar-refractivity contribution in [2.45, 2.75) is 0 Å². The van der Waals surface area contributed by atoms with Gasteiger partial charge in [-0.1, -0.05) is 0 Å². The summed E-state index contributed by atoms with van der Waals surface area (Å²) in [6.07, 6.45) is -7.00. The Balaban J connectivity index is -0.0000000184. The average Bonchev–Trinajstić information content (AvgIpc) is 1.54. The number of carbonyl (C=O) groups excluding carboxylic acids is 3. The molecule has 0 amide bonds. The fourth-order valence-corrected chi connectivity index (χ4v) is 0. The van der Waals surface area contributed by atoms with Crippen LogP contribution in [0.5, 0.6) is 0 Å². The van der Waals surface area contributed by atoms with E-state index in [1.165, 1.54) is 0 Å². The number of carboxylic acid groups (broad SMARTS) is 6. The zero-order chi connectivity index (χ0) is 10.7. The van der Waals surface area contributed by atoms with Crippen LogP contribution >= 0.6 is 0 Å². The van der Waals surface area contributed by atoms with Gasteiger partial charge in [0, 0.05) is 0 Å². The topological polar surface area (TPSA) is 190 Å². The maximum absolute atomic E-state index is 8.33. The third kappa shape index (κ3) is 225000. The molecule has 0 rings (SSSR count). The van der Waals surface area contributed by atoms with E-state index in [-0.39, 0.29) is 71.6 Å².